The summed E-state index contributed by atoms with van der Waals surface area (Å²) in [7, 11) is 0. The number of benzene rings is 1. The third-order valence-corrected chi connectivity index (χ3v) is 6.22. The molecule has 2 aromatic rings. The van der Waals surface area contributed by atoms with Gasteiger partial charge in [0.1, 0.15) is 25.0 Å². The second kappa shape index (κ2) is 15.3. The molecule has 3 rings (SSSR count). The van der Waals surface area contributed by atoms with Gasteiger partial charge in [-0.15, -0.1) is 5.10 Å². The van der Waals surface area contributed by atoms with E-state index in [2.05, 4.69) is 31.6 Å². The first-order valence-electron chi connectivity index (χ1n) is 13.4. The van der Waals surface area contributed by atoms with E-state index in [1.54, 1.807) is 10.9 Å². The molecule has 1 aromatic carbocycles. The first kappa shape index (κ1) is 30.3. The van der Waals surface area contributed by atoms with Crippen molar-refractivity contribution in [3.8, 4) is 0 Å². The van der Waals surface area contributed by atoms with Crippen LogP contribution in [0.1, 0.15) is 50.8 Å². The third-order valence-electron chi connectivity index (χ3n) is 6.22. The van der Waals surface area contributed by atoms with E-state index in [-0.39, 0.29) is 44.1 Å². The van der Waals surface area contributed by atoms with Crippen molar-refractivity contribution in [1.29, 1.82) is 0 Å². The van der Waals surface area contributed by atoms with Crippen LogP contribution in [0, 0.1) is 5.92 Å². The van der Waals surface area contributed by atoms with Gasteiger partial charge < -0.3 is 30.8 Å². The molecule has 4 N–H and O–H groups in total. The van der Waals surface area contributed by atoms with Crippen LogP contribution in [0.25, 0.3) is 0 Å². The predicted octanol–water partition coefficient (Wildman–Crippen LogP) is 0.630. The Hall–Kier alpha value is -4.29. The molecule has 40 heavy (non-hydrogen) atoms. The van der Waals surface area contributed by atoms with Crippen LogP contribution in [-0.2, 0) is 43.5 Å². The van der Waals surface area contributed by atoms with Gasteiger partial charge in [0.05, 0.1) is 11.7 Å². The molecule has 3 unspecified atom stereocenters. The molecule has 4 amide bonds. The monoisotopic (exact) mass is 555 g/mol. The smallest absolute Gasteiger partial charge is 0.408 e. The quantitative estimate of drug-likeness (QED) is 0.376. The number of aryl methyl sites for hydroxylation is 1. The molecule has 0 spiro atoms. The second-order valence-corrected chi connectivity index (χ2v) is 10.1. The van der Waals surface area contributed by atoms with E-state index in [0.29, 0.717) is 31.5 Å². The van der Waals surface area contributed by atoms with Crippen LogP contribution >= 0.6 is 0 Å². The molecule has 3 atom stereocenters. The molecule has 0 saturated heterocycles. The Kier molecular flexibility index (Phi) is 11.6. The van der Waals surface area contributed by atoms with Gasteiger partial charge in [-0.1, -0.05) is 49.4 Å². The van der Waals surface area contributed by atoms with Crippen LogP contribution in [-0.4, -0.2) is 69.8 Å². The number of amides is 4. The molecule has 13 heteroatoms. The fourth-order valence-corrected chi connectivity index (χ4v) is 4.14. The minimum absolute atomic E-state index is 0.00398. The molecule has 13 nitrogen and oxygen atoms in total. The van der Waals surface area contributed by atoms with Crippen molar-refractivity contribution in [2.45, 2.75) is 77.2 Å². The van der Waals surface area contributed by atoms with Gasteiger partial charge in [0.2, 0.25) is 17.7 Å². The Morgan fingerprint density at radius 3 is 2.67 bits per heavy atom. The Bertz CT molecular complexity index is 1150. The van der Waals surface area contributed by atoms with Crippen molar-refractivity contribution in [3.05, 3.63) is 47.8 Å². The minimum atomic E-state index is -1.11. The van der Waals surface area contributed by atoms with Gasteiger partial charge in [0, 0.05) is 32.1 Å². The number of aldehydes is 1. The Balaban J connectivity index is 1.80. The highest BCUT2D eigenvalue weighted by atomic mass is 16.5. The molecule has 1 aliphatic rings. The van der Waals surface area contributed by atoms with Crippen molar-refractivity contribution in [3.63, 3.8) is 0 Å². The van der Waals surface area contributed by atoms with Crippen LogP contribution in [0.4, 0.5) is 4.79 Å². The van der Waals surface area contributed by atoms with Crippen molar-refractivity contribution in [1.82, 2.24) is 36.3 Å². The zero-order chi connectivity index (χ0) is 28.9. The topological polar surface area (TPSA) is 173 Å². The highest BCUT2D eigenvalue weighted by molar-refractivity contribution is 5.92. The fraction of sp³-hybridized carbons (Fsp3) is 0.519. The Labute approximate surface area is 232 Å². The third kappa shape index (κ3) is 10.1. The van der Waals surface area contributed by atoms with E-state index in [9.17, 15) is 24.0 Å². The second-order valence-electron chi connectivity index (χ2n) is 10.1. The number of carbonyl (C=O) groups is 5. The summed E-state index contributed by atoms with van der Waals surface area (Å²) in [6.07, 6.45) is 2.46. The lowest BCUT2D eigenvalue weighted by molar-refractivity contribution is -0.131. The number of alkyl carbamates (subject to hydrolysis) is 1. The highest BCUT2D eigenvalue weighted by Gasteiger charge is 2.30. The number of fused-ring (bicyclic) bond motifs is 2. The standard InChI is InChI=1S/C27H37N7O6/c1-18(2)13-22-25(37)29-20(16-35)9-10-24(36)28-11-6-12-34-15-21(32-33-34)14-23(26(38)30-22)31-27(39)40-17-19-7-4-3-5-8-19/h3-5,7-8,15-16,18,20,22-23H,6,9-14,17H2,1-2H3,(H,28,36)(H,29,37)(H,30,38)(H,31,39). The number of aromatic nitrogens is 3. The molecule has 2 heterocycles. The summed E-state index contributed by atoms with van der Waals surface area (Å²) in [5, 5.41) is 18.9. The number of nitrogens with one attached hydrogen (secondary N) is 4. The summed E-state index contributed by atoms with van der Waals surface area (Å²) in [6.45, 7) is 4.66. The summed E-state index contributed by atoms with van der Waals surface area (Å²) < 4.78 is 6.90. The van der Waals surface area contributed by atoms with Gasteiger partial charge in [-0.25, -0.2) is 4.79 Å². The lowest BCUT2D eigenvalue weighted by Gasteiger charge is -2.25. The highest BCUT2D eigenvalue weighted by Crippen LogP contribution is 2.09. The summed E-state index contributed by atoms with van der Waals surface area (Å²) in [5.74, 6) is -1.38. The maximum Gasteiger partial charge on any atom is 0.408 e. The Morgan fingerprint density at radius 2 is 1.95 bits per heavy atom. The summed E-state index contributed by atoms with van der Waals surface area (Å²) in [6, 6.07) is 6.11. The zero-order valence-electron chi connectivity index (χ0n) is 22.8. The van der Waals surface area contributed by atoms with E-state index in [1.165, 1.54) is 0 Å². The molecule has 0 saturated carbocycles. The van der Waals surface area contributed by atoms with Crippen LogP contribution in [0.5, 0.6) is 0 Å². The summed E-state index contributed by atoms with van der Waals surface area (Å²) in [4.78, 5) is 63.0. The van der Waals surface area contributed by atoms with E-state index in [1.807, 2.05) is 44.2 Å². The van der Waals surface area contributed by atoms with E-state index in [4.69, 9.17) is 4.74 Å². The van der Waals surface area contributed by atoms with Crippen molar-refractivity contribution < 1.29 is 28.7 Å². The van der Waals surface area contributed by atoms with E-state index in [0.717, 1.165) is 5.56 Å². The average molecular weight is 556 g/mol. The molecule has 1 aliphatic heterocycles. The first-order valence-corrected chi connectivity index (χ1v) is 13.4. The molecule has 0 radical (unpaired) electrons. The predicted molar refractivity (Wildman–Crippen MR) is 144 cm³/mol. The Morgan fingerprint density at radius 1 is 1.18 bits per heavy atom. The van der Waals surface area contributed by atoms with Crippen LogP contribution in [0.2, 0.25) is 0 Å². The number of nitrogens with zero attached hydrogens (tertiary/aromatic N) is 3. The molecule has 0 fully saturated rings. The lowest BCUT2D eigenvalue weighted by atomic mass is 10.0. The van der Waals surface area contributed by atoms with Gasteiger partial charge >= 0.3 is 6.09 Å². The molecular formula is C27H37N7O6. The number of carbonyl (C=O) groups excluding carboxylic acids is 5. The maximum atomic E-state index is 13.4. The average Bonchev–Trinajstić information content (AvgIpc) is 3.38. The van der Waals surface area contributed by atoms with Crippen LogP contribution in [0.15, 0.2) is 36.5 Å². The summed E-state index contributed by atoms with van der Waals surface area (Å²) >= 11 is 0. The SMILES string of the molecule is CC(C)CC1NC(=O)C(NC(=O)OCc2ccccc2)Cc2cn(nn2)CCCNC(=O)CCC(C=O)NC1=O. The van der Waals surface area contributed by atoms with Gasteiger partial charge in [-0.3, -0.25) is 19.1 Å². The number of hydrogen-bond acceptors (Lipinski definition) is 8. The molecule has 0 aliphatic carbocycles. The number of ether oxygens (including phenoxy) is 1. The zero-order valence-corrected chi connectivity index (χ0v) is 22.8. The number of rotatable bonds is 6. The van der Waals surface area contributed by atoms with Gasteiger partial charge in [0.25, 0.3) is 0 Å². The van der Waals surface area contributed by atoms with E-state index < -0.39 is 36.0 Å². The van der Waals surface area contributed by atoms with Gasteiger partial charge in [0.15, 0.2) is 0 Å². The fourth-order valence-electron chi connectivity index (χ4n) is 4.14. The molecule has 1 aromatic heterocycles. The molecule has 216 valence electrons. The normalized spacial score (nSPS) is 21.3. The summed E-state index contributed by atoms with van der Waals surface area (Å²) in [5.41, 5.74) is 1.23. The number of hydrogen-bond donors (Lipinski definition) is 4. The maximum absolute atomic E-state index is 13.4. The van der Waals surface area contributed by atoms with Crippen molar-refractivity contribution in [2.24, 2.45) is 5.92 Å². The van der Waals surface area contributed by atoms with Crippen LogP contribution in [0.3, 0.4) is 0 Å². The van der Waals surface area contributed by atoms with Gasteiger partial charge in [-0.05, 0) is 30.7 Å². The van der Waals surface area contributed by atoms with Crippen molar-refractivity contribution >= 4 is 30.1 Å². The van der Waals surface area contributed by atoms with Gasteiger partial charge in [-0.2, -0.15) is 0 Å². The van der Waals surface area contributed by atoms with Crippen molar-refractivity contribution in [2.75, 3.05) is 6.54 Å². The minimum Gasteiger partial charge on any atom is -0.445 e. The van der Waals surface area contributed by atoms with E-state index >= 15 is 0 Å². The molecule has 2 bridgehead atoms. The first-order chi connectivity index (χ1) is 19.2. The lowest BCUT2D eigenvalue weighted by Crippen LogP contribution is -2.56. The largest absolute Gasteiger partial charge is 0.445 e. The molecular weight excluding hydrogens is 518 g/mol. The van der Waals surface area contributed by atoms with Crippen LogP contribution < -0.4 is 21.3 Å².